The van der Waals surface area contributed by atoms with Crippen LogP contribution in [0, 0.1) is 0 Å². The number of unbranched alkanes of at least 4 members (excludes halogenated alkanes) is 4. The SMILES string of the molecule is C[C@H](CC(=O)O)NC(=O)NCCCCCCCc1ccc(-c2ccccc2)cc1. The van der Waals surface area contributed by atoms with E-state index in [2.05, 4.69) is 59.2 Å². The molecule has 2 amide bonds. The third-order valence-corrected chi connectivity index (χ3v) is 4.85. The molecule has 3 N–H and O–H groups in total. The maximum Gasteiger partial charge on any atom is 0.315 e. The molecule has 2 aromatic carbocycles. The monoisotopic (exact) mass is 396 g/mol. The first-order chi connectivity index (χ1) is 14.0. The van der Waals surface area contributed by atoms with Crippen LogP contribution in [0.4, 0.5) is 4.79 Å². The molecule has 0 spiro atoms. The number of hydrogen-bond donors (Lipinski definition) is 3. The Labute approximate surface area is 173 Å². The Morgan fingerprint density at radius 3 is 2.17 bits per heavy atom. The molecule has 0 unspecified atom stereocenters. The molecular weight excluding hydrogens is 364 g/mol. The zero-order chi connectivity index (χ0) is 20.9. The second kappa shape index (κ2) is 12.6. The molecule has 1 atom stereocenters. The summed E-state index contributed by atoms with van der Waals surface area (Å²) in [5, 5.41) is 14.1. The summed E-state index contributed by atoms with van der Waals surface area (Å²) in [4.78, 5) is 22.2. The number of carboxylic acid groups (broad SMARTS) is 1. The van der Waals surface area contributed by atoms with Gasteiger partial charge in [0.15, 0.2) is 0 Å². The van der Waals surface area contributed by atoms with E-state index in [-0.39, 0.29) is 18.5 Å². The van der Waals surface area contributed by atoms with Crippen molar-refractivity contribution in [2.75, 3.05) is 6.54 Å². The first-order valence-electron chi connectivity index (χ1n) is 10.4. The van der Waals surface area contributed by atoms with Gasteiger partial charge in [-0.1, -0.05) is 73.9 Å². The van der Waals surface area contributed by atoms with Gasteiger partial charge in [-0.2, -0.15) is 0 Å². The standard InChI is InChI=1S/C24H32N2O3/c1-19(18-23(27)28)26-24(29)25-17-9-4-2-3-6-10-20-13-15-22(16-14-20)21-11-7-5-8-12-21/h5,7-8,11-16,19H,2-4,6,9-10,17-18H2,1H3,(H,27,28)(H2,25,26,29)/t19-/m1/s1. The van der Waals surface area contributed by atoms with E-state index in [1.165, 1.54) is 29.5 Å². The molecule has 0 aliphatic heterocycles. The maximum absolute atomic E-state index is 11.6. The number of nitrogens with one attached hydrogen (secondary N) is 2. The summed E-state index contributed by atoms with van der Waals surface area (Å²) in [6, 6.07) is 18.6. The lowest BCUT2D eigenvalue weighted by Gasteiger charge is -2.12. The molecular formula is C24H32N2O3. The molecule has 0 bridgehead atoms. The fourth-order valence-electron chi connectivity index (χ4n) is 3.27. The van der Waals surface area contributed by atoms with Gasteiger partial charge in [-0.05, 0) is 42.9 Å². The summed E-state index contributed by atoms with van der Waals surface area (Å²) in [6.45, 7) is 2.30. The number of carbonyl (C=O) groups is 2. The average molecular weight is 397 g/mol. The van der Waals surface area contributed by atoms with Crippen LogP contribution in [0.2, 0.25) is 0 Å². The minimum Gasteiger partial charge on any atom is -0.481 e. The first kappa shape index (κ1) is 22.5. The van der Waals surface area contributed by atoms with Crippen LogP contribution in [0.1, 0.15) is 51.0 Å². The van der Waals surface area contributed by atoms with E-state index in [9.17, 15) is 9.59 Å². The number of aryl methyl sites for hydroxylation is 1. The highest BCUT2D eigenvalue weighted by Crippen LogP contribution is 2.20. The van der Waals surface area contributed by atoms with Crippen LogP contribution in [0.25, 0.3) is 11.1 Å². The van der Waals surface area contributed by atoms with Gasteiger partial charge in [0.05, 0.1) is 6.42 Å². The smallest absolute Gasteiger partial charge is 0.315 e. The van der Waals surface area contributed by atoms with Crippen molar-refractivity contribution in [2.45, 2.75) is 57.9 Å². The molecule has 0 aliphatic rings. The minimum absolute atomic E-state index is 0.0671. The Bertz CT molecular complexity index is 744. The van der Waals surface area contributed by atoms with Gasteiger partial charge in [-0.15, -0.1) is 0 Å². The third-order valence-electron chi connectivity index (χ3n) is 4.85. The molecule has 0 aromatic heterocycles. The van der Waals surface area contributed by atoms with E-state index in [1.807, 2.05) is 6.07 Å². The molecule has 0 fully saturated rings. The number of aliphatic carboxylic acids is 1. The fourth-order valence-corrected chi connectivity index (χ4v) is 3.27. The molecule has 0 aliphatic carbocycles. The van der Waals surface area contributed by atoms with Crippen molar-refractivity contribution in [3.8, 4) is 11.1 Å². The Hall–Kier alpha value is -2.82. The first-order valence-corrected chi connectivity index (χ1v) is 10.4. The molecule has 5 heteroatoms. The second-order valence-electron chi connectivity index (χ2n) is 7.48. The Balaban J connectivity index is 1.51. The van der Waals surface area contributed by atoms with Gasteiger partial charge in [-0.25, -0.2) is 4.79 Å². The number of carbonyl (C=O) groups excluding carboxylic acids is 1. The van der Waals surface area contributed by atoms with Crippen LogP contribution in [-0.2, 0) is 11.2 Å². The second-order valence-corrected chi connectivity index (χ2v) is 7.48. The molecule has 0 saturated heterocycles. The molecule has 29 heavy (non-hydrogen) atoms. The number of urea groups is 1. The highest BCUT2D eigenvalue weighted by molar-refractivity contribution is 5.75. The van der Waals surface area contributed by atoms with E-state index in [4.69, 9.17) is 5.11 Å². The summed E-state index contributed by atoms with van der Waals surface area (Å²) in [5.74, 6) is -0.912. The van der Waals surface area contributed by atoms with E-state index in [1.54, 1.807) is 6.92 Å². The van der Waals surface area contributed by atoms with Crippen LogP contribution >= 0.6 is 0 Å². The molecule has 0 radical (unpaired) electrons. The van der Waals surface area contributed by atoms with Gasteiger partial charge in [0.1, 0.15) is 0 Å². The van der Waals surface area contributed by atoms with Crippen LogP contribution in [-0.4, -0.2) is 29.7 Å². The summed E-state index contributed by atoms with van der Waals surface area (Å²) in [6.07, 6.45) is 6.55. The third kappa shape index (κ3) is 9.28. The highest BCUT2D eigenvalue weighted by atomic mass is 16.4. The summed E-state index contributed by atoms with van der Waals surface area (Å²) >= 11 is 0. The molecule has 0 saturated carbocycles. The van der Waals surface area contributed by atoms with E-state index in [0.717, 1.165) is 25.7 Å². The molecule has 2 aromatic rings. The quantitative estimate of drug-likeness (QED) is 0.441. The van der Waals surface area contributed by atoms with Crippen molar-refractivity contribution in [1.82, 2.24) is 10.6 Å². The van der Waals surface area contributed by atoms with Crippen molar-refractivity contribution >= 4 is 12.0 Å². The highest BCUT2D eigenvalue weighted by Gasteiger charge is 2.09. The lowest BCUT2D eigenvalue weighted by molar-refractivity contribution is -0.137. The summed E-state index contributed by atoms with van der Waals surface area (Å²) in [5.41, 5.74) is 3.87. The van der Waals surface area contributed by atoms with Gasteiger partial charge in [0, 0.05) is 12.6 Å². The largest absolute Gasteiger partial charge is 0.481 e. The van der Waals surface area contributed by atoms with E-state index >= 15 is 0 Å². The minimum atomic E-state index is -0.912. The van der Waals surface area contributed by atoms with Crippen LogP contribution in [0.3, 0.4) is 0 Å². The maximum atomic E-state index is 11.6. The van der Waals surface area contributed by atoms with Crippen LogP contribution < -0.4 is 10.6 Å². The fraction of sp³-hybridized carbons (Fsp3) is 0.417. The van der Waals surface area contributed by atoms with Crippen LogP contribution in [0.5, 0.6) is 0 Å². The lowest BCUT2D eigenvalue weighted by atomic mass is 10.0. The zero-order valence-electron chi connectivity index (χ0n) is 17.2. The molecule has 0 heterocycles. The van der Waals surface area contributed by atoms with Crippen molar-refractivity contribution in [1.29, 1.82) is 0 Å². The number of hydrogen-bond acceptors (Lipinski definition) is 2. The topological polar surface area (TPSA) is 78.4 Å². The van der Waals surface area contributed by atoms with E-state index < -0.39 is 5.97 Å². The van der Waals surface area contributed by atoms with Gasteiger partial charge in [0.25, 0.3) is 0 Å². The number of amides is 2. The normalized spacial score (nSPS) is 11.6. The van der Waals surface area contributed by atoms with Crippen molar-refractivity contribution < 1.29 is 14.7 Å². The van der Waals surface area contributed by atoms with Crippen molar-refractivity contribution in [3.63, 3.8) is 0 Å². The van der Waals surface area contributed by atoms with Gasteiger partial charge in [0.2, 0.25) is 0 Å². The zero-order valence-corrected chi connectivity index (χ0v) is 17.2. The van der Waals surface area contributed by atoms with Gasteiger partial charge < -0.3 is 15.7 Å². The predicted octanol–water partition coefficient (Wildman–Crippen LogP) is 5.01. The molecule has 2 rings (SSSR count). The average Bonchev–Trinajstić information content (AvgIpc) is 2.70. The number of rotatable bonds is 12. The lowest BCUT2D eigenvalue weighted by Crippen LogP contribution is -2.41. The Kier molecular flexibility index (Phi) is 9.76. The Morgan fingerprint density at radius 1 is 0.862 bits per heavy atom. The molecule has 156 valence electrons. The summed E-state index contributed by atoms with van der Waals surface area (Å²) in [7, 11) is 0. The Morgan fingerprint density at radius 2 is 1.48 bits per heavy atom. The molecule has 5 nitrogen and oxygen atoms in total. The van der Waals surface area contributed by atoms with E-state index in [0.29, 0.717) is 6.54 Å². The van der Waals surface area contributed by atoms with Crippen molar-refractivity contribution in [2.24, 2.45) is 0 Å². The van der Waals surface area contributed by atoms with Crippen molar-refractivity contribution in [3.05, 3.63) is 60.2 Å². The number of carboxylic acids is 1. The van der Waals surface area contributed by atoms with Gasteiger partial charge in [-0.3, -0.25) is 4.79 Å². The van der Waals surface area contributed by atoms with Crippen LogP contribution in [0.15, 0.2) is 54.6 Å². The van der Waals surface area contributed by atoms with Gasteiger partial charge >= 0.3 is 12.0 Å². The predicted molar refractivity (Wildman–Crippen MR) is 117 cm³/mol. The summed E-state index contributed by atoms with van der Waals surface area (Å²) < 4.78 is 0. The number of benzene rings is 2.